The number of para-hydroxylation sites is 1. The highest BCUT2D eigenvalue weighted by Gasteiger charge is 2.53. The van der Waals surface area contributed by atoms with Gasteiger partial charge in [0.15, 0.2) is 11.3 Å². The van der Waals surface area contributed by atoms with E-state index in [0.29, 0.717) is 23.8 Å². The van der Waals surface area contributed by atoms with Crippen molar-refractivity contribution in [3.05, 3.63) is 46.0 Å². The molecule has 0 spiro atoms. The van der Waals surface area contributed by atoms with Crippen molar-refractivity contribution in [1.82, 2.24) is 20.1 Å². The number of nitro groups is 1. The van der Waals surface area contributed by atoms with Gasteiger partial charge in [-0.25, -0.2) is 9.80 Å². The first-order valence-electron chi connectivity index (χ1n) is 8.60. The second kappa shape index (κ2) is 7.70. The highest BCUT2D eigenvalue weighted by atomic mass is 32.1. The molecule has 0 saturated carbocycles. The number of nitrogens with zero attached hydrogens (tertiary/aromatic N) is 5. The maximum Gasteiger partial charge on any atom is 0.323 e. The lowest BCUT2D eigenvalue weighted by Crippen LogP contribution is -2.43. The predicted octanol–water partition coefficient (Wildman–Crippen LogP) is 2.21. The number of nitrogens with one attached hydrogen (secondary N) is 1. The molecule has 2 unspecified atom stereocenters. The van der Waals surface area contributed by atoms with Crippen LogP contribution in [0.3, 0.4) is 0 Å². The van der Waals surface area contributed by atoms with Crippen LogP contribution in [-0.2, 0) is 0 Å². The van der Waals surface area contributed by atoms with Crippen molar-refractivity contribution in [3.63, 3.8) is 0 Å². The van der Waals surface area contributed by atoms with Crippen molar-refractivity contribution in [2.45, 2.75) is 26.2 Å². The number of carbonyl (C=O) groups excluding carboxylic acids is 1. The van der Waals surface area contributed by atoms with Gasteiger partial charge in [0.05, 0.1) is 10.5 Å². The number of nitro benzene ring substituents is 1. The van der Waals surface area contributed by atoms with Crippen LogP contribution in [0.25, 0.3) is 6.08 Å². The van der Waals surface area contributed by atoms with E-state index in [-0.39, 0.29) is 24.1 Å². The van der Waals surface area contributed by atoms with Gasteiger partial charge in [-0.3, -0.25) is 15.0 Å². The van der Waals surface area contributed by atoms with Crippen LogP contribution in [0.4, 0.5) is 10.5 Å². The van der Waals surface area contributed by atoms with Gasteiger partial charge in [0.2, 0.25) is 0 Å². The van der Waals surface area contributed by atoms with Gasteiger partial charge >= 0.3 is 6.03 Å². The summed E-state index contributed by atoms with van der Waals surface area (Å²) in [6.07, 6.45) is 4.18. The highest BCUT2D eigenvalue weighted by Crippen LogP contribution is 2.29. The average molecular weight is 388 g/mol. The van der Waals surface area contributed by atoms with Crippen molar-refractivity contribution < 1.29 is 9.72 Å². The van der Waals surface area contributed by atoms with E-state index in [1.165, 1.54) is 12.3 Å². The minimum Gasteiger partial charge on any atom is -0.337 e. The summed E-state index contributed by atoms with van der Waals surface area (Å²) < 4.78 is 0. The van der Waals surface area contributed by atoms with Gasteiger partial charge in [-0.15, -0.1) is 0 Å². The zero-order valence-electron chi connectivity index (χ0n) is 15.0. The molecule has 9 nitrogen and oxygen atoms in total. The first-order chi connectivity index (χ1) is 13.0. The molecule has 1 aromatic carbocycles. The van der Waals surface area contributed by atoms with E-state index in [4.69, 9.17) is 12.2 Å². The fourth-order valence-electron chi connectivity index (χ4n) is 3.29. The molecule has 0 aromatic heterocycles. The van der Waals surface area contributed by atoms with Gasteiger partial charge in [-0.05, 0) is 44.3 Å². The lowest BCUT2D eigenvalue weighted by atomic mass is 10.2. The van der Waals surface area contributed by atoms with Gasteiger partial charge in [0.1, 0.15) is 6.17 Å². The summed E-state index contributed by atoms with van der Waals surface area (Å²) in [6.45, 7) is 4.94. The number of hydrazone groups is 1. The molecule has 3 rings (SSSR count). The largest absolute Gasteiger partial charge is 0.337 e. The molecule has 1 aromatic rings. The van der Waals surface area contributed by atoms with Crippen molar-refractivity contribution >= 4 is 41.3 Å². The van der Waals surface area contributed by atoms with Crippen LogP contribution in [-0.4, -0.2) is 62.5 Å². The summed E-state index contributed by atoms with van der Waals surface area (Å²) in [6, 6.07) is 6.41. The Labute approximate surface area is 162 Å². The number of thiocarbonyl (C=S) groups is 1. The Morgan fingerprint density at radius 2 is 2.00 bits per heavy atom. The topological polar surface area (TPSA) is 94.3 Å². The standard InChI is InChI=1S/C17H20N6O3S/c1-3-20-14-15(21(4-2)17(20)24)22(16(27)19-14)18-11-7-9-12-8-5-6-10-13(12)23(25)26/h5-11,14-15H,3-4H2,1-2H3,(H,19,27)/b9-7+,18-11+. The van der Waals surface area contributed by atoms with Crippen molar-refractivity contribution in [3.8, 4) is 0 Å². The minimum absolute atomic E-state index is 0.0257. The van der Waals surface area contributed by atoms with E-state index in [9.17, 15) is 14.9 Å². The van der Waals surface area contributed by atoms with Crippen LogP contribution in [0.1, 0.15) is 19.4 Å². The van der Waals surface area contributed by atoms with Crippen LogP contribution in [0.5, 0.6) is 0 Å². The van der Waals surface area contributed by atoms with Gasteiger partial charge in [0, 0.05) is 25.4 Å². The van der Waals surface area contributed by atoms with E-state index in [2.05, 4.69) is 10.4 Å². The zero-order valence-corrected chi connectivity index (χ0v) is 15.8. The summed E-state index contributed by atoms with van der Waals surface area (Å²) >= 11 is 5.36. The zero-order chi connectivity index (χ0) is 19.6. The Morgan fingerprint density at radius 1 is 1.30 bits per heavy atom. The van der Waals surface area contributed by atoms with Crippen LogP contribution in [0.15, 0.2) is 35.4 Å². The van der Waals surface area contributed by atoms with Crippen LogP contribution >= 0.6 is 12.2 Å². The molecule has 10 heteroatoms. The molecule has 2 atom stereocenters. The third-order valence-electron chi connectivity index (χ3n) is 4.53. The van der Waals surface area contributed by atoms with E-state index in [1.54, 1.807) is 45.2 Å². The molecule has 2 heterocycles. The number of amides is 2. The fourth-order valence-corrected chi connectivity index (χ4v) is 3.56. The van der Waals surface area contributed by atoms with Gasteiger partial charge in [0.25, 0.3) is 5.69 Å². The van der Waals surface area contributed by atoms with Crippen molar-refractivity contribution in [1.29, 1.82) is 0 Å². The number of hydrogen-bond donors (Lipinski definition) is 1. The number of urea groups is 1. The monoisotopic (exact) mass is 388 g/mol. The minimum atomic E-state index is -0.427. The molecule has 0 bridgehead atoms. The lowest BCUT2D eigenvalue weighted by molar-refractivity contribution is -0.385. The predicted molar refractivity (Wildman–Crippen MR) is 106 cm³/mol. The Kier molecular flexibility index (Phi) is 5.36. The van der Waals surface area contributed by atoms with Crippen LogP contribution in [0.2, 0.25) is 0 Å². The Hall–Kier alpha value is -3.01. The van der Waals surface area contributed by atoms with Crippen molar-refractivity contribution in [2.75, 3.05) is 13.1 Å². The van der Waals surface area contributed by atoms with E-state index in [0.717, 1.165) is 0 Å². The molecule has 2 aliphatic heterocycles. The van der Waals surface area contributed by atoms with Crippen LogP contribution < -0.4 is 5.32 Å². The average Bonchev–Trinajstić information content (AvgIpc) is 3.10. The first-order valence-corrected chi connectivity index (χ1v) is 9.01. The fraction of sp³-hybridized carbons (Fsp3) is 0.353. The molecule has 2 aliphatic rings. The maximum atomic E-state index is 12.5. The highest BCUT2D eigenvalue weighted by molar-refractivity contribution is 7.80. The number of hydrogen-bond acceptors (Lipinski definition) is 5. The number of rotatable bonds is 6. The molecule has 2 amide bonds. The molecule has 1 N–H and O–H groups in total. The second-order valence-corrected chi connectivity index (χ2v) is 6.33. The molecular weight excluding hydrogens is 368 g/mol. The summed E-state index contributed by atoms with van der Waals surface area (Å²) in [5, 5.41) is 20.6. The normalized spacial score (nSPS) is 22.2. The maximum absolute atomic E-state index is 12.5. The molecule has 27 heavy (non-hydrogen) atoms. The van der Waals surface area contributed by atoms with Gasteiger partial charge in [-0.2, -0.15) is 5.10 Å². The smallest absolute Gasteiger partial charge is 0.323 e. The molecule has 2 fully saturated rings. The quantitative estimate of drug-likeness (QED) is 0.348. The first kappa shape index (κ1) is 18.8. The summed E-state index contributed by atoms with van der Waals surface area (Å²) in [4.78, 5) is 26.5. The van der Waals surface area contributed by atoms with Crippen LogP contribution in [0, 0.1) is 10.1 Å². The summed E-state index contributed by atoms with van der Waals surface area (Å²) in [5.41, 5.74) is 0.509. The molecule has 142 valence electrons. The number of benzene rings is 1. The van der Waals surface area contributed by atoms with E-state index in [1.807, 2.05) is 13.8 Å². The third-order valence-corrected chi connectivity index (χ3v) is 4.83. The molecular formula is C17H20N6O3S. The number of likely N-dealkylation sites (N-methyl/N-ethyl adjacent to an activating group) is 2. The van der Waals surface area contributed by atoms with E-state index >= 15 is 0 Å². The Morgan fingerprint density at radius 3 is 2.67 bits per heavy atom. The van der Waals surface area contributed by atoms with Gasteiger partial charge < -0.3 is 10.2 Å². The number of fused-ring (bicyclic) bond motifs is 1. The van der Waals surface area contributed by atoms with Crippen molar-refractivity contribution in [2.24, 2.45) is 5.10 Å². The molecule has 0 aliphatic carbocycles. The summed E-state index contributed by atoms with van der Waals surface area (Å²) in [5.74, 6) is 0. The molecule has 2 saturated heterocycles. The Bertz CT molecular complexity index is 827. The van der Waals surface area contributed by atoms with Gasteiger partial charge in [-0.1, -0.05) is 12.1 Å². The number of carbonyl (C=O) groups is 1. The molecule has 0 radical (unpaired) electrons. The lowest BCUT2D eigenvalue weighted by Gasteiger charge is -2.25. The third kappa shape index (κ3) is 3.35. The SMILES string of the molecule is CCN1C(=O)N(CC)C2C1NC(=S)N2/N=C/C=C/c1ccccc1[N+](=O)[O-]. The Balaban J connectivity index is 1.78. The summed E-state index contributed by atoms with van der Waals surface area (Å²) in [7, 11) is 0. The van der Waals surface area contributed by atoms with E-state index < -0.39 is 4.92 Å². The number of allylic oxidation sites excluding steroid dienone is 1. The second-order valence-electron chi connectivity index (χ2n) is 5.95.